The molecule has 2 saturated carbocycles. The van der Waals surface area contributed by atoms with E-state index in [2.05, 4.69) is 34.7 Å². The Balaban J connectivity index is 1.70. The van der Waals surface area contributed by atoms with Crippen LogP contribution in [0.15, 0.2) is 30.3 Å². The van der Waals surface area contributed by atoms with Crippen LogP contribution in [0.3, 0.4) is 0 Å². The fourth-order valence-corrected chi connectivity index (χ4v) is 6.50. The van der Waals surface area contributed by atoms with Gasteiger partial charge in [0.2, 0.25) is 5.79 Å². The number of aliphatic hydroxyl groups excluding tert-OH is 1. The SMILES string of the molecule is O[C@H]1O[C@]2(c3ccccc3)O[C@@H]3[C@@H](I)[C@H]4C[C@@H]3[C@@H]2[C@H]41. The minimum atomic E-state index is -0.685. The topological polar surface area (TPSA) is 38.7 Å². The zero-order valence-electron chi connectivity index (χ0n) is 10.3. The molecule has 4 heteroatoms. The molecule has 1 aromatic rings. The van der Waals surface area contributed by atoms with Crippen LogP contribution in [-0.2, 0) is 15.3 Å². The molecule has 1 N–H and O–H groups in total. The molecule has 0 aromatic heterocycles. The van der Waals surface area contributed by atoms with Crippen molar-refractivity contribution in [2.24, 2.45) is 23.7 Å². The van der Waals surface area contributed by atoms with Gasteiger partial charge in [-0.05, 0) is 18.3 Å². The summed E-state index contributed by atoms with van der Waals surface area (Å²) in [5.74, 6) is 1.03. The average Bonchev–Trinajstić information content (AvgIpc) is 3.08. The lowest BCUT2D eigenvalue weighted by Crippen LogP contribution is -2.37. The Kier molecular flexibility index (Phi) is 2.13. The number of fused-ring (bicyclic) bond motifs is 2. The van der Waals surface area contributed by atoms with E-state index in [0.29, 0.717) is 27.8 Å². The summed E-state index contributed by atoms with van der Waals surface area (Å²) >= 11 is 2.52. The van der Waals surface area contributed by atoms with E-state index in [-0.39, 0.29) is 5.92 Å². The van der Waals surface area contributed by atoms with Crippen LogP contribution in [-0.4, -0.2) is 21.4 Å². The summed E-state index contributed by atoms with van der Waals surface area (Å²) in [4.78, 5) is 0. The van der Waals surface area contributed by atoms with E-state index in [1.807, 2.05) is 18.2 Å². The zero-order chi connectivity index (χ0) is 12.8. The van der Waals surface area contributed by atoms with Gasteiger partial charge in [0.1, 0.15) is 0 Å². The molecule has 2 heterocycles. The quantitative estimate of drug-likeness (QED) is 0.609. The smallest absolute Gasteiger partial charge is 0.201 e. The van der Waals surface area contributed by atoms with Crippen molar-refractivity contribution in [3.8, 4) is 0 Å². The van der Waals surface area contributed by atoms with Crippen LogP contribution in [0.5, 0.6) is 0 Å². The van der Waals surface area contributed by atoms with Crippen molar-refractivity contribution in [2.75, 3.05) is 0 Å². The van der Waals surface area contributed by atoms with Crippen molar-refractivity contribution in [2.45, 2.75) is 28.5 Å². The van der Waals surface area contributed by atoms with Gasteiger partial charge in [0.25, 0.3) is 0 Å². The highest BCUT2D eigenvalue weighted by molar-refractivity contribution is 14.1. The Labute approximate surface area is 125 Å². The molecule has 0 spiro atoms. The van der Waals surface area contributed by atoms with Crippen molar-refractivity contribution in [3.05, 3.63) is 35.9 Å². The molecule has 8 atom stereocenters. The Morgan fingerprint density at radius 1 is 1.16 bits per heavy atom. The molecule has 0 unspecified atom stereocenters. The second kappa shape index (κ2) is 3.53. The standard InChI is InChI=1S/C15H15IO3/c16-12-8-6-9-11-10(8)14(17)19-15(11,18-13(9)12)7-4-2-1-3-5-7/h1-5,8-14,17H,6H2/t8-,9+,10-,11+,12-,13-,14-,15-/m0/s1. The summed E-state index contributed by atoms with van der Waals surface area (Å²) in [7, 11) is 0. The van der Waals surface area contributed by atoms with Gasteiger partial charge in [0, 0.05) is 21.3 Å². The third-order valence-electron chi connectivity index (χ3n) is 5.61. The fraction of sp³-hybridized carbons (Fsp3) is 0.600. The van der Waals surface area contributed by atoms with Crippen LogP contribution in [0.25, 0.3) is 0 Å². The van der Waals surface area contributed by atoms with Gasteiger partial charge in [-0.2, -0.15) is 0 Å². The summed E-state index contributed by atoms with van der Waals surface area (Å²) in [6.07, 6.45) is 0.834. The molecule has 1 aromatic carbocycles. The van der Waals surface area contributed by atoms with Crippen LogP contribution >= 0.6 is 22.6 Å². The van der Waals surface area contributed by atoms with Gasteiger partial charge >= 0.3 is 0 Å². The van der Waals surface area contributed by atoms with Crippen molar-refractivity contribution < 1.29 is 14.6 Å². The summed E-state index contributed by atoms with van der Waals surface area (Å²) in [5, 5.41) is 10.4. The van der Waals surface area contributed by atoms with Gasteiger partial charge in [-0.15, -0.1) is 0 Å². The Morgan fingerprint density at radius 3 is 2.74 bits per heavy atom. The number of hydrogen-bond donors (Lipinski definition) is 1. The van der Waals surface area contributed by atoms with E-state index < -0.39 is 12.1 Å². The third-order valence-corrected chi connectivity index (χ3v) is 7.24. The number of benzene rings is 1. The monoisotopic (exact) mass is 370 g/mol. The maximum atomic E-state index is 10.4. The van der Waals surface area contributed by atoms with Gasteiger partial charge < -0.3 is 14.6 Å². The van der Waals surface area contributed by atoms with Crippen LogP contribution in [0.1, 0.15) is 12.0 Å². The van der Waals surface area contributed by atoms with Crippen LogP contribution < -0.4 is 0 Å². The average molecular weight is 370 g/mol. The molecule has 4 aliphatic rings. The van der Waals surface area contributed by atoms with Crippen molar-refractivity contribution >= 4 is 22.6 Å². The van der Waals surface area contributed by atoms with E-state index in [9.17, 15) is 5.11 Å². The Bertz CT molecular complexity index is 535. The second-order valence-electron chi connectivity index (χ2n) is 6.24. The predicted octanol–water partition coefficient (Wildman–Crippen LogP) is 2.27. The normalized spacial score (nSPS) is 57.1. The first-order valence-electron chi connectivity index (χ1n) is 6.96. The van der Waals surface area contributed by atoms with E-state index >= 15 is 0 Å². The summed E-state index contributed by atoms with van der Waals surface area (Å²) < 4.78 is 12.9. The largest absolute Gasteiger partial charge is 0.368 e. The molecule has 19 heavy (non-hydrogen) atoms. The summed E-state index contributed by atoms with van der Waals surface area (Å²) in [5.41, 5.74) is 1.07. The minimum Gasteiger partial charge on any atom is -0.368 e. The summed E-state index contributed by atoms with van der Waals surface area (Å²) in [6, 6.07) is 10.2. The molecule has 0 radical (unpaired) electrons. The van der Waals surface area contributed by atoms with E-state index in [0.717, 1.165) is 5.56 Å². The number of hydrogen-bond acceptors (Lipinski definition) is 3. The minimum absolute atomic E-state index is 0.255. The lowest BCUT2D eigenvalue weighted by Gasteiger charge is -2.31. The van der Waals surface area contributed by atoms with Gasteiger partial charge in [0.05, 0.1) is 6.10 Å². The van der Waals surface area contributed by atoms with Crippen LogP contribution in [0.2, 0.25) is 0 Å². The Hall–Kier alpha value is -0.170. The van der Waals surface area contributed by atoms with E-state index in [4.69, 9.17) is 9.47 Å². The first-order chi connectivity index (χ1) is 9.22. The number of ether oxygens (including phenoxy) is 2. The van der Waals surface area contributed by atoms with Crippen molar-refractivity contribution in [1.82, 2.24) is 0 Å². The molecule has 2 saturated heterocycles. The molecule has 100 valence electrons. The molecule has 2 bridgehead atoms. The fourth-order valence-electron chi connectivity index (χ4n) is 5.05. The van der Waals surface area contributed by atoms with Gasteiger partial charge in [0.15, 0.2) is 6.29 Å². The second-order valence-corrected chi connectivity index (χ2v) is 7.67. The maximum absolute atomic E-state index is 10.4. The molecule has 4 fully saturated rings. The molecular formula is C15H15IO3. The highest BCUT2D eigenvalue weighted by Gasteiger charge is 2.76. The number of aliphatic hydroxyl groups is 1. The van der Waals surface area contributed by atoms with Crippen molar-refractivity contribution in [3.63, 3.8) is 0 Å². The van der Waals surface area contributed by atoms with E-state index in [1.165, 1.54) is 6.42 Å². The van der Waals surface area contributed by atoms with Gasteiger partial charge in [-0.25, -0.2) is 0 Å². The molecule has 2 aliphatic heterocycles. The third kappa shape index (κ3) is 1.17. The molecule has 5 rings (SSSR count). The highest BCUT2D eigenvalue weighted by Crippen LogP contribution is 2.71. The Morgan fingerprint density at radius 2 is 1.95 bits per heavy atom. The molecule has 0 amide bonds. The molecule has 3 nitrogen and oxygen atoms in total. The van der Waals surface area contributed by atoms with Gasteiger partial charge in [-0.1, -0.05) is 52.9 Å². The summed E-state index contributed by atoms with van der Waals surface area (Å²) in [6.45, 7) is 0. The van der Waals surface area contributed by atoms with E-state index in [1.54, 1.807) is 0 Å². The first-order valence-corrected chi connectivity index (χ1v) is 8.20. The zero-order valence-corrected chi connectivity index (χ0v) is 12.4. The molecular weight excluding hydrogens is 355 g/mol. The van der Waals surface area contributed by atoms with Gasteiger partial charge in [-0.3, -0.25) is 0 Å². The lowest BCUT2D eigenvalue weighted by molar-refractivity contribution is -0.278. The van der Waals surface area contributed by atoms with Crippen molar-refractivity contribution in [1.29, 1.82) is 0 Å². The maximum Gasteiger partial charge on any atom is 0.201 e. The van der Waals surface area contributed by atoms with Crippen LogP contribution in [0.4, 0.5) is 0 Å². The first kappa shape index (κ1) is 11.5. The number of rotatable bonds is 1. The molecule has 2 aliphatic carbocycles. The van der Waals surface area contributed by atoms with Crippen LogP contribution in [0, 0.1) is 23.7 Å². The predicted molar refractivity (Wildman–Crippen MR) is 76.5 cm³/mol. The number of alkyl halides is 1. The highest BCUT2D eigenvalue weighted by atomic mass is 127. The number of halogens is 1. The lowest BCUT2D eigenvalue weighted by atomic mass is 9.76.